The molecular formula is C22H38N4O12. The summed E-state index contributed by atoms with van der Waals surface area (Å²) in [5.41, 5.74) is 0. The molecule has 16 heteroatoms. The van der Waals surface area contributed by atoms with Crippen LogP contribution in [0, 0.1) is 0 Å². The number of hydrazone groups is 2. The molecular weight excluding hydrogens is 512 g/mol. The molecule has 3 fully saturated rings. The third kappa shape index (κ3) is 9.04. The Balaban J connectivity index is 1.75. The maximum Gasteiger partial charge on any atom is 0.303 e. The Hall–Kier alpha value is -1.99. The second-order valence-electron chi connectivity index (χ2n) is 8.79. The van der Waals surface area contributed by atoms with Crippen molar-refractivity contribution in [1.82, 2.24) is 10.0 Å². The van der Waals surface area contributed by atoms with Crippen LogP contribution in [-0.2, 0) is 33.2 Å². The van der Waals surface area contributed by atoms with Crippen LogP contribution in [0.1, 0.15) is 6.92 Å². The van der Waals surface area contributed by atoms with E-state index >= 15 is 0 Å². The zero-order valence-electron chi connectivity index (χ0n) is 21.2. The number of rotatable bonds is 12. The van der Waals surface area contributed by atoms with Gasteiger partial charge in [-0.3, -0.25) is 14.8 Å². The van der Waals surface area contributed by atoms with Gasteiger partial charge in [-0.1, -0.05) is 0 Å². The van der Waals surface area contributed by atoms with Crippen LogP contribution in [0.5, 0.6) is 0 Å². The highest BCUT2D eigenvalue weighted by molar-refractivity contribution is 5.66. The van der Waals surface area contributed by atoms with Crippen molar-refractivity contribution in [3.05, 3.63) is 0 Å². The lowest BCUT2D eigenvalue weighted by Gasteiger charge is -2.42. The summed E-state index contributed by atoms with van der Waals surface area (Å²) in [7, 11) is 0. The van der Waals surface area contributed by atoms with Crippen molar-refractivity contribution in [1.29, 1.82) is 0 Å². The molecule has 3 rings (SSSR count). The first-order chi connectivity index (χ1) is 18.3. The number of morpholine rings is 2. The summed E-state index contributed by atoms with van der Waals surface area (Å²) >= 11 is 0. The summed E-state index contributed by atoms with van der Waals surface area (Å²) in [6.07, 6.45) is -8.91. The largest absolute Gasteiger partial charge is 0.457 e. The average Bonchev–Trinajstić information content (AvgIpc) is 2.93. The van der Waals surface area contributed by atoms with Gasteiger partial charge in [0.15, 0.2) is 18.7 Å². The Kier molecular flexibility index (Phi) is 12.5. The molecule has 8 atom stereocenters. The molecule has 0 amide bonds. The van der Waals surface area contributed by atoms with E-state index in [9.17, 15) is 30.3 Å². The fourth-order valence-corrected chi connectivity index (χ4v) is 3.96. The van der Waals surface area contributed by atoms with Crippen LogP contribution in [0.15, 0.2) is 10.2 Å². The van der Waals surface area contributed by atoms with Gasteiger partial charge in [-0.25, -0.2) is 0 Å². The minimum atomic E-state index is -1.66. The van der Waals surface area contributed by atoms with E-state index in [0.717, 1.165) is 13.1 Å². The van der Waals surface area contributed by atoms with Crippen molar-refractivity contribution >= 4 is 18.4 Å². The maximum absolute atomic E-state index is 11.5. The van der Waals surface area contributed by atoms with Crippen LogP contribution in [0.25, 0.3) is 0 Å². The van der Waals surface area contributed by atoms with Crippen LogP contribution in [0.2, 0.25) is 0 Å². The zero-order chi connectivity index (χ0) is 27.5. The average molecular weight is 551 g/mol. The monoisotopic (exact) mass is 550 g/mol. The zero-order valence-corrected chi connectivity index (χ0v) is 21.2. The van der Waals surface area contributed by atoms with Gasteiger partial charge in [0.1, 0.15) is 30.5 Å². The molecule has 3 heterocycles. The van der Waals surface area contributed by atoms with Gasteiger partial charge in [0.25, 0.3) is 0 Å². The van der Waals surface area contributed by atoms with E-state index in [1.54, 1.807) is 10.0 Å². The van der Waals surface area contributed by atoms with E-state index in [2.05, 4.69) is 10.2 Å². The van der Waals surface area contributed by atoms with E-state index in [1.807, 2.05) is 0 Å². The van der Waals surface area contributed by atoms with E-state index in [0.29, 0.717) is 52.6 Å². The minimum Gasteiger partial charge on any atom is -0.457 e. The van der Waals surface area contributed by atoms with Crippen LogP contribution < -0.4 is 0 Å². The minimum absolute atomic E-state index is 0.462. The van der Waals surface area contributed by atoms with Gasteiger partial charge in [-0.05, 0) is 0 Å². The molecule has 0 aromatic heterocycles. The van der Waals surface area contributed by atoms with Crippen molar-refractivity contribution in [2.24, 2.45) is 10.2 Å². The molecule has 0 saturated carbocycles. The molecule has 0 spiro atoms. The second-order valence-corrected chi connectivity index (χ2v) is 8.79. The fraction of sp³-hybridized carbons (Fsp3) is 0.864. The van der Waals surface area contributed by atoms with Crippen LogP contribution in [-0.4, -0.2) is 169 Å². The first-order valence-electron chi connectivity index (χ1n) is 12.5. The fourth-order valence-electron chi connectivity index (χ4n) is 3.96. The van der Waals surface area contributed by atoms with Crippen molar-refractivity contribution < 1.29 is 58.7 Å². The first-order valence-corrected chi connectivity index (χ1v) is 12.5. The molecule has 5 N–H and O–H groups in total. The number of ether oxygens (including phenoxy) is 6. The molecule has 0 bridgehead atoms. The topological polar surface area (TPSA) is 205 Å². The molecule has 0 aliphatic carbocycles. The summed E-state index contributed by atoms with van der Waals surface area (Å²) in [5, 5.41) is 63.1. The van der Waals surface area contributed by atoms with E-state index in [-0.39, 0.29) is 0 Å². The van der Waals surface area contributed by atoms with E-state index < -0.39 is 68.4 Å². The Morgan fingerprint density at radius 3 is 2.11 bits per heavy atom. The summed E-state index contributed by atoms with van der Waals surface area (Å²) < 4.78 is 32.5. The SMILES string of the molecule is CC(=O)O[C@H]1[C@@H](O)[C@@H](CO)O[C@@H](O[C@H](/C=N/N2CCOCC2)[C@H](CO)O[C@H](O)/C=N\N2CCOCC2)[C@@H]1O. The number of hydrogen-bond acceptors (Lipinski definition) is 16. The first kappa shape index (κ1) is 30.6. The van der Waals surface area contributed by atoms with E-state index in [1.165, 1.54) is 6.21 Å². The third-order valence-electron chi connectivity index (χ3n) is 5.99. The van der Waals surface area contributed by atoms with Crippen molar-refractivity contribution in [3.63, 3.8) is 0 Å². The van der Waals surface area contributed by atoms with Gasteiger partial charge < -0.3 is 54.0 Å². The van der Waals surface area contributed by atoms with Crippen molar-refractivity contribution in [2.75, 3.05) is 65.8 Å². The van der Waals surface area contributed by atoms with Gasteiger partial charge in [0, 0.05) is 6.92 Å². The van der Waals surface area contributed by atoms with Gasteiger partial charge in [-0.15, -0.1) is 0 Å². The molecule has 3 aliphatic rings. The van der Waals surface area contributed by atoms with Crippen LogP contribution in [0.4, 0.5) is 0 Å². The molecule has 218 valence electrons. The highest BCUT2D eigenvalue weighted by Gasteiger charge is 2.48. The van der Waals surface area contributed by atoms with Crippen molar-refractivity contribution in [2.45, 2.75) is 56.1 Å². The summed E-state index contributed by atoms with van der Waals surface area (Å²) in [4.78, 5) is 11.5. The molecule has 3 saturated heterocycles. The molecule has 0 aromatic rings. The molecule has 0 radical (unpaired) electrons. The smallest absolute Gasteiger partial charge is 0.303 e. The number of nitrogens with zero attached hydrogens (tertiary/aromatic N) is 4. The molecule has 16 nitrogen and oxygen atoms in total. The number of hydrogen-bond donors (Lipinski definition) is 5. The second kappa shape index (κ2) is 15.6. The molecule has 0 aromatic carbocycles. The number of esters is 1. The quantitative estimate of drug-likeness (QED) is 0.0895. The number of aliphatic hydroxyl groups is 5. The third-order valence-corrected chi connectivity index (χ3v) is 5.99. The van der Waals surface area contributed by atoms with E-state index in [4.69, 9.17) is 28.4 Å². The Labute approximate surface area is 219 Å². The molecule has 0 unspecified atom stereocenters. The van der Waals surface area contributed by atoms with Crippen LogP contribution in [0.3, 0.4) is 0 Å². The number of aliphatic hydroxyl groups excluding tert-OH is 5. The normalized spacial score (nSPS) is 31.5. The molecule has 3 aliphatic heterocycles. The summed E-state index contributed by atoms with van der Waals surface area (Å²) in [5.74, 6) is -0.768. The van der Waals surface area contributed by atoms with Gasteiger partial charge >= 0.3 is 5.97 Å². The lowest BCUT2D eigenvalue weighted by Crippen LogP contribution is -2.61. The number of carbonyl (C=O) groups excluding carboxylic acids is 1. The summed E-state index contributed by atoms with van der Waals surface area (Å²) in [6.45, 7) is 3.83. The van der Waals surface area contributed by atoms with Gasteiger partial charge in [-0.2, -0.15) is 10.2 Å². The highest BCUT2D eigenvalue weighted by Crippen LogP contribution is 2.26. The Bertz CT molecular complexity index is 765. The summed E-state index contributed by atoms with van der Waals surface area (Å²) in [6, 6.07) is 0. The molecule has 38 heavy (non-hydrogen) atoms. The van der Waals surface area contributed by atoms with Gasteiger partial charge in [0.2, 0.25) is 0 Å². The highest BCUT2D eigenvalue weighted by atomic mass is 16.7. The van der Waals surface area contributed by atoms with Crippen molar-refractivity contribution in [3.8, 4) is 0 Å². The Morgan fingerprint density at radius 2 is 1.58 bits per heavy atom. The maximum atomic E-state index is 11.5. The Morgan fingerprint density at radius 1 is 1.00 bits per heavy atom. The standard InChI is InChI=1S/C22H38N4O12/c1-14(29)35-21-19(31)17(13-28)38-22(20(21)32)37-15(10-23-25-2-6-33-7-3-25)16(12-27)36-18(30)11-24-26-4-8-34-9-5-26/h10-11,15-22,27-28,30-32H,2-9,12-13H2,1H3/b23-10+,24-11-/t15-,16+,17-,18+,19+,20-,21+,22-/m1/s1. The van der Waals surface area contributed by atoms with Gasteiger partial charge in [0.05, 0.1) is 78.2 Å². The lowest BCUT2D eigenvalue weighted by molar-refractivity contribution is -0.315. The predicted octanol–water partition coefficient (Wildman–Crippen LogP) is -3.93. The number of carbonyl (C=O) groups is 1. The lowest BCUT2D eigenvalue weighted by atomic mass is 9.99. The predicted molar refractivity (Wildman–Crippen MR) is 128 cm³/mol. The van der Waals surface area contributed by atoms with Crippen LogP contribution >= 0.6 is 0 Å².